The average Bonchev–Trinajstić information content (AvgIpc) is 3.11. The molecule has 1 fully saturated rings. The van der Waals surface area contributed by atoms with Gasteiger partial charge in [-0.1, -0.05) is 31.0 Å². The largest absolute Gasteiger partial charge is 0.396 e. The van der Waals surface area contributed by atoms with E-state index in [9.17, 15) is 9.18 Å². The Morgan fingerprint density at radius 2 is 2.14 bits per heavy atom. The fourth-order valence-corrected chi connectivity index (χ4v) is 2.81. The molecule has 122 valence electrons. The monoisotopic (exact) mass is 326 g/mol. The van der Waals surface area contributed by atoms with Crippen molar-refractivity contribution in [1.82, 2.24) is 9.62 Å². The second-order valence-electron chi connectivity index (χ2n) is 6.78. The van der Waals surface area contributed by atoms with Crippen LogP contribution in [0.25, 0.3) is 0 Å². The van der Waals surface area contributed by atoms with Crippen LogP contribution < -0.4 is 5.32 Å². The van der Waals surface area contributed by atoms with Crippen molar-refractivity contribution in [3.05, 3.63) is 35.6 Å². The fraction of sp³-hybridized carbons (Fsp3) is 0.562. The summed E-state index contributed by atoms with van der Waals surface area (Å²) in [7, 11) is 0. The Bertz CT molecular complexity index is 561. The van der Waals surface area contributed by atoms with Crippen LogP contribution in [0.5, 0.6) is 0 Å². The molecule has 0 saturated heterocycles. The summed E-state index contributed by atoms with van der Waals surface area (Å²) in [4.78, 5) is 12.4. The number of hydrogen-bond acceptors (Lipinski definition) is 3. The number of aliphatic hydroxyl groups excluding tert-OH is 1. The Morgan fingerprint density at radius 1 is 1.50 bits per heavy atom. The molecule has 22 heavy (non-hydrogen) atoms. The van der Waals surface area contributed by atoms with Gasteiger partial charge in [0.2, 0.25) is 0 Å². The zero-order valence-electron chi connectivity index (χ0n) is 13.1. The van der Waals surface area contributed by atoms with Crippen molar-refractivity contribution in [2.45, 2.75) is 44.7 Å². The maximum Gasteiger partial charge on any atom is 0.328 e. The highest BCUT2D eigenvalue weighted by atomic mass is 32.1. The summed E-state index contributed by atoms with van der Waals surface area (Å²) in [5, 5.41) is 12.1. The molecule has 0 heterocycles. The lowest BCUT2D eigenvalue weighted by Gasteiger charge is -2.32. The van der Waals surface area contributed by atoms with Gasteiger partial charge in [0.05, 0.1) is 5.54 Å². The standard InChI is InChI=1S/C16H23FN2O2S/c1-15(2,3)19(22)14(21)18-16(10-11(16)8-9-20)12-6-4-5-7-13(12)17/h4-7,11,20,22H,8-10H2,1-3H3,(H,18,21)/t11-,16+/m0/s1. The van der Waals surface area contributed by atoms with Gasteiger partial charge in [-0.15, -0.1) is 0 Å². The van der Waals surface area contributed by atoms with E-state index in [1.54, 1.807) is 18.2 Å². The normalized spacial score (nSPS) is 24.0. The van der Waals surface area contributed by atoms with Crippen LogP contribution in [0, 0.1) is 11.7 Å². The highest BCUT2D eigenvalue weighted by Crippen LogP contribution is 2.54. The molecule has 0 radical (unpaired) electrons. The topological polar surface area (TPSA) is 52.6 Å². The van der Waals surface area contributed by atoms with E-state index in [4.69, 9.17) is 5.11 Å². The van der Waals surface area contributed by atoms with E-state index in [0.29, 0.717) is 18.4 Å². The molecule has 6 heteroatoms. The molecule has 0 aromatic heterocycles. The van der Waals surface area contributed by atoms with Gasteiger partial charge < -0.3 is 10.4 Å². The van der Waals surface area contributed by atoms with Crippen molar-refractivity contribution >= 4 is 18.8 Å². The van der Waals surface area contributed by atoms with Crippen molar-refractivity contribution in [3.63, 3.8) is 0 Å². The Labute approximate surface area is 136 Å². The maximum absolute atomic E-state index is 14.2. The van der Waals surface area contributed by atoms with Crippen LogP contribution in [0.4, 0.5) is 9.18 Å². The molecule has 0 unspecified atom stereocenters. The van der Waals surface area contributed by atoms with Gasteiger partial charge in [0, 0.05) is 17.7 Å². The van der Waals surface area contributed by atoms with E-state index < -0.39 is 11.1 Å². The number of aliphatic hydroxyl groups is 1. The van der Waals surface area contributed by atoms with Crippen LogP contribution >= 0.6 is 12.8 Å². The number of halogens is 1. The van der Waals surface area contributed by atoms with Gasteiger partial charge in [-0.05, 0) is 45.6 Å². The smallest absolute Gasteiger partial charge is 0.328 e. The molecule has 2 amide bonds. The Morgan fingerprint density at radius 3 is 2.68 bits per heavy atom. The Balaban J connectivity index is 2.26. The predicted octanol–water partition coefficient (Wildman–Crippen LogP) is 3.08. The summed E-state index contributed by atoms with van der Waals surface area (Å²) in [6.45, 7) is 5.62. The fourth-order valence-electron chi connectivity index (χ4n) is 2.76. The van der Waals surface area contributed by atoms with Crippen LogP contribution in [0.15, 0.2) is 24.3 Å². The van der Waals surface area contributed by atoms with E-state index in [1.807, 2.05) is 20.8 Å². The zero-order valence-corrected chi connectivity index (χ0v) is 14.0. The van der Waals surface area contributed by atoms with E-state index in [2.05, 4.69) is 18.1 Å². The molecule has 2 rings (SSSR count). The van der Waals surface area contributed by atoms with E-state index in [-0.39, 0.29) is 24.4 Å². The summed E-state index contributed by atoms with van der Waals surface area (Å²) in [6, 6.07) is 6.09. The molecular weight excluding hydrogens is 303 g/mol. The molecular formula is C16H23FN2O2S. The zero-order chi connectivity index (χ0) is 16.5. The number of nitrogens with one attached hydrogen (secondary N) is 1. The van der Waals surface area contributed by atoms with Crippen LogP contribution in [-0.2, 0) is 5.54 Å². The van der Waals surface area contributed by atoms with Gasteiger partial charge in [-0.3, -0.25) is 4.31 Å². The Hall–Kier alpha value is -1.27. The quantitative estimate of drug-likeness (QED) is 0.745. The lowest BCUT2D eigenvalue weighted by molar-refractivity contribution is 0.194. The van der Waals surface area contributed by atoms with E-state index in [0.717, 1.165) is 0 Å². The highest BCUT2D eigenvalue weighted by molar-refractivity contribution is 7.78. The molecule has 2 atom stereocenters. The molecule has 1 aromatic rings. The molecule has 2 N–H and O–H groups in total. The second-order valence-corrected chi connectivity index (χ2v) is 7.18. The number of carbonyl (C=O) groups is 1. The molecule has 0 spiro atoms. The van der Waals surface area contributed by atoms with Crippen molar-refractivity contribution in [1.29, 1.82) is 0 Å². The molecule has 1 saturated carbocycles. The highest BCUT2D eigenvalue weighted by Gasteiger charge is 2.57. The molecule has 4 nitrogen and oxygen atoms in total. The maximum atomic E-state index is 14.2. The summed E-state index contributed by atoms with van der Waals surface area (Å²) in [5.74, 6) is -0.315. The first-order valence-corrected chi connectivity index (χ1v) is 7.79. The van der Waals surface area contributed by atoms with Gasteiger partial charge in [0.25, 0.3) is 0 Å². The second kappa shape index (κ2) is 6.08. The van der Waals surface area contributed by atoms with Gasteiger partial charge >= 0.3 is 6.03 Å². The Kier molecular flexibility index (Phi) is 4.73. The minimum absolute atomic E-state index is 0.0145. The van der Waals surface area contributed by atoms with Crippen molar-refractivity contribution < 1.29 is 14.3 Å². The third-order valence-corrected chi connectivity index (χ3v) is 4.88. The van der Waals surface area contributed by atoms with Gasteiger partial charge in [-0.25, -0.2) is 9.18 Å². The molecule has 0 aliphatic heterocycles. The molecule has 1 aromatic carbocycles. The first-order valence-electron chi connectivity index (χ1n) is 7.39. The average molecular weight is 326 g/mol. The van der Waals surface area contributed by atoms with Crippen molar-refractivity contribution in [2.24, 2.45) is 5.92 Å². The number of urea groups is 1. The lowest BCUT2D eigenvalue weighted by Crippen LogP contribution is -2.49. The van der Waals surface area contributed by atoms with Crippen LogP contribution in [0.2, 0.25) is 0 Å². The van der Waals surface area contributed by atoms with Crippen LogP contribution in [0.1, 0.15) is 39.2 Å². The van der Waals surface area contributed by atoms with Crippen LogP contribution in [-0.4, -0.2) is 27.6 Å². The van der Waals surface area contributed by atoms with E-state index in [1.165, 1.54) is 10.4 Å². The summed E-state index contributed by atoms with van der Waals surface area (Å²) < 4.78 is 15.5. The van der Waals surface area contributed by atoms with Gasteiger partial charge in [0.15, 0.2) is 0 Å². The molecule has 1 aliphatic rings. The predicted molar refractivity (Wildman–Crippen MR) is 87.0 cm³/mol. The van der Waals surface area contributed by atoms with Crippen molar-refractivity contribution in [2.75, 3.05) is 6.61 Å². The summed E-state index contributed by atoms with van der Waals surface area (Å²) in [5.41, 5.74) is -0.736. The molecule has 1 aliphatic carbocycles. The number of carbonyl (C=O) groups excluding carboxylic acids is 1. The summed E-state index contributed by atoms with van der Waals surface area (Å²) in [6.07, 6.45) is 1.14. The third-order valence-electron chi connectivity index (χ3n) is 4.09. The number of benzene rings is 1. The minimum Gasteiger partial charge on any atom is -0.396 e. The van der Waals surface area contributed by atoms with Gasteiger partial charge in [-0.2, -0.15) is 0 Å². The van der Waals surface area contributed by atoms with Crippen LogP contribution in [0.3, 0.4) is 0 Å². The number of rotatable bonds is 4. The third kappa shape index (κ3) is 3.22. The summed E-state index contributed by atoms with van der Waals surface area (Å²) >= 11 is 4.24. The van der Waals surface area contributed by atoms with Gasteiger partial charge in [0.1, 0.15) is 5.82 Å². The number of nitrogens with zero attached hydrogens (tertiary/aromatic N) is 1. The SMILES string of the molecule is CC(C)(C)N(S)C(=O)N[C@]1(c2ccccc2F)C[C@@H]1CCO. The number of hydrogen-bond donors (Lipinski definition) is 3. The lowest BCUT2D eigenvalue weighted by atomic mass is 10.0. The number of thiol groups is 1. The minimum atomic E-state index is -0.753. The van der Waals surface area contributed by atoms with Crippen molar-refractivity contribution in [3.8, 4) is 0 Å². The first kappa shape index (κ1) is 17.1. The van der Waals surface area contributed by atoms with E-state index >= 15 is 0 Å². The molecule has 0 bridgehead atoms. The number of amides is 2. The first-order chi connectivity index (χ1) is 10.2.